The Bertz CT molecular complexity index is 1030. The lowest BCUT2D eigenvalue weighted by atomic mass is 9.86. The van der Waals surface area contributed by atoms with Crippen LogP contribution >= 0.6 is 11.6 Å². The molecule has 1 aromatic heterocycles. The minimum absolute atomic E-state index is 0.836. The van der Waals surface area contributed by atoms with Crippen LogP contribution < -0.4 is 0 Å². The first-order valence-electron chi connectivity index (χ1n) is 13.4. The molecular weight excluding hydrogens is 450 g/mol. The van der Waals surface area contributed by atoms with Gasteiger partial charge in [-0.3, -0.25) is 0 Å². The third-order valence-corrected chi connectivity index (χ3v) is 7.31. The van der Waals surface area contributed by atoms with Crippen LogP contribution in [0.3, 0.4) is 0 Å². The molecule has 1 aliphatic heterocycles. The van der Waals surface area contributed by atoms with Crippen molar-refractivity contribution in [3.05, 3.63) is 94.1 Å². The number of unbranched alkanes of at least 4 members (excludes halogenated alkanes) is 2. The second-order valence-corrected chi connectivity index (χ2v) is 9.69. The van der Waals surface area contributed by atoms with Gasteiger partial charge in [0.15, 0.2) is 0 Å². The second-order valence-electron chi connectivity index (χ2n) is 9.25. The van der Waals surface area contributed by atoms with E-state index in [-0.39, 0.29) is 0 Å². The summed E-state index contributed by atoms with van der Waals surface area (Å²) in [5.41, 5.74) is 9.95. The maximum absolute atomic E-state index is 6.37. The largest absolute Gasteiger partial charge is 0.348 e. The lowest BCUT2D eigenvalue weighted by Gasteiger charge is -2.30. The molecule has 35 heavy (non-hydrogen) atoms. The highest BCUT2D eigenvalue weighted by Crippen LogP contribution is 2.40. The van der Waals surface area contributed by atoms with Crippen LogP contribution in [-0.2, 0) is 12.8 Å². The SMILES string of the molecule is C=C/C=C\C1=C(C)C(=C2CCN(CCCCCc3cnc[nH]3)CC2)c2ccc(Cl)cc2CC1.CC. The Morgan fingerprint density at radius 3 is 2.60 bits per heavy atom. The topological polar surface area (TPSA) is 31.9 Å². The molecule has 0 bridgehead atoms. The van der Waals surface area contributed by atoms with Crippen molar-refractivity contribution in [2.45, 2.75) is 72.1 Å². The van der Waals surface area contributed by atoms with E-state index in [4.69, 9.17) is 11.6 Å². The molecule has 1 saturated heterocycles. The molecule has 0 saturated carbocycles. The highest BCUT2D eigenvalue weighted by Gasteiger charge is 2.23. The van der Waals surface area contributed by atoms with Crippen molar-refractivity contribution >= 4 is 17.2 Å². The number of hydrogen-bond donors (Lipinski definition) is 1. The van der Waals surface area contributed by atoms with Gasteiger partial charge in [-0.05, 0) is 98.4 Å². The molecule has 1 N–H and O–H groups in total. The van der Waals surface area contributed by atoms with E-state index in [0.29, 0.717) is 0 Å². The molecule has 3 nitrogen and oxygen atoms in total. The molecule has 4 rings (SSSR count). The molecule has 188 valence electrons. The number of nitrogens with zero attached hydrogens (tertiary/aromatic N) is 2. The number of nitrogens with one attached hydrogen (secondary N) is 1. The van der Waals surface area contributed by atoms with Crippen molar-refractivity contribution in [1.82, 2.24) is 14.9 Å². The molecule has 2 heterocycles. The number of piperidine rings is 1. The summed E-state index contributed by atoms with van der Waals surface area (Å²) < 4.78 is 0. The number of aromatic amines is 1. The third-order valence-electron chi connectivity index (χ3n) is 7.08. The molecule has 0 atom stereocenters. The van der Waals surface area contributed by atoms with E-state index in [0.717, 1.165) is 50.2 Å². The third kappa shape index (κ3) is 7.56. The van der Waals surface area contributed by atoms with Gasteiger partial charge >= 0.3 is 0 Å². The number of benzene rings is 1. The summed E-state index contributed by atoms with van der Waals surface area (Å²) in [6, 6.07) is 6.47. The zero-order chi connectivity index (χ0) is 25.0. The Balaban J connectivity index is 0.00000167. The van der Waals surface area contributed by atoms with Crippen LogP contribution in [0.1, 0.15) is 76.1 Å². The Morgan fingerprint density at radius 1 is 1.09 bits per heavy atom. The first kappa shape index (κ1) is 27.2. The number of aromatic nitrogens is 2. The van der Waals surface area contributed by atoms with Crippen LogP contribution in [0.25, 0.3) is 5.57 Å². The van der Waals surface area contributed by atoms with Gasteiger partial charge in [0.25, 0.3) is 0 Å². The fourth-order valence-electron chi connectivity index (χ4n) is 5.23. The van der Waals surface area contributed by atoms with Crippen molar-refractivity contribution in [3.63, 3.8) is 0 Å². The summed E-state index contributed by atoms with van der Waals surface area (Å²) in [4.78, 5) is 9.95. The Morgan fingerprint density at radius 2 is 1.89 bits per heavy atom. The molecule has 1 fully saturated rings. The minimum atomic E-state index is 0.836. The number of halogens is 1. The smallest absolute Gasteiger partial charge is 0.0921 e. The fraction of sp³-hybridized carbons (Fsp3) is 0.452. The zero-order valence-electron chi connectivity index (χ0n) is 21.9. The van der Waals surface area contributed by atoms with E-state index in [1.54, 1.807) is 11.9 Å². The first-order valence-corrected chi connectivity index (χ1v) is 13.7. The van der Waals surface area contributed by atoms with Crippen molar-refractivity contribution in [2.75, 3.05) is 19.6 Å². The van der Waals surface area contributed by atoms with Crippen LogP contribution in [0.15, 0.2) is 72.2 Å². The molecule has 0 radical (unpaired) electrons. The molecule has 4 heteroatoms. The zero-order valence-corrected chi connectivity index (χ0v) is 22.6. The predicted molar refractivity (Wildman–Crippen MR) is 152 cm³/mol. The van der Waals surface area contributed by atoms with Crippen molar-refractivity contribution in [1.29, 1.82) is 0 Å². The highest BCUT2D eigenvalue weighted by molar-refractivity contribution is 6.30. The molecule has 1 aromatic carbocycles. The first-order chi connectivity index (χ1) is 17.2. The molecule has 0 amide bonds. The Kier molecular flexibility index (Phi) is 11.1. The van der Waals surface area contributed by atoms with Gasteiger partial charge in [0.05, 0.1) is 6.33 Å². The van der Waals surface area contributed by atoms with E-state index in [1.165, 1.54) is 59.3 Å². The normalized spacial score (nSPS) is 16.7. The number of fused-ring (bicyclic) bond motifs is 1. The van der Waals surface area contributed by atoms with Gasteiger partial charge in [-0.1, -0.05) is 68.3 Å². The average Bonchev–Trinajstić information content (AvgIpc) is 3.36. The summed E-state index contributed by atoms with van der Waals surface area (Å²) in [6.45, 7) is 13.7. The van der Waals surface area contributed by atoms with Gasteiger partial charge in [0.1, 0.15) is 0 Å². The number of imidazole rings is 1. The van der Waals surface area contributed by atoms with Crippen LogP contribution in [0.4, 0.5) is 0 Å². The fourth-order valence-corrected chi connectivity index (χ4v) is 5.42. The van der Waals surface area contributed by atoms with Gasteiger partial charge in [-0.25, -0.2) is 4.98 Å². The van der Waals surface area contributed by atoms with Crippen molar-refractivity contribution < 1.29 is 0 Å². The van der Waals surface area contributed by atoms with Gasteiger partial charge in [-0.2, -0.15) is 0 Å². The van der Waals surface area contributed by atoms with Gasteiger partial charge < -0.3 is 9.88 Å². The van der Waals surface area contributed by atoms with Gasteiger partial charge in [0, 0.05) is 30.0 Å². The predicted octanol–water partition coefficient (Wildman–Crippen LogP) is 8.36. The molecule has 0 unspecified atom stereocenters. The summed E-state index contributed by atoms with van der Waals surface area (Å²) in [5.74, 6) is 0. The van der Waals surface area contributed by atoms with Crippen LogP contribution in [0, 0.1) is 0 Å². The maximum atomic E-state index is 6.37. The number of H-pyrrole nitrogens is 1. The van der Waals surface area contributed by atoms with Gasteiger partial charge in [0.2, 0.25) is 0 Å². The standard InChI is InChI=1S/C29H36ClN3.C2H6/c1-3-4-8-23-10-11-25-19-26(30)12-13-28(25)29(22(23)2)24-14-17-33(18-15-24)16-7-5-6-9-27-20-31-21-32-27;1-2/h3-4,8,12-13,19-21H,1,5-7,9-11,14-18H2,2H3,(H,31,32);1-2H3/b8-4-;. The van der Waals surface area contributed by atoms with E-state index < -0.39 is 0 Å². The lowest BCUT2D eigenvalue weighted by Crippen LogP contribution is -2.32. The van der Waals surface area contributed by atoms with Crippen molar-refractivity contribution in [3.8, 4) is 0 Å². The summed E-state index contributed by atoms with van der Waals surface area (Å²) in [7, 11) is 0. The molecule has 1 aliphatic carbocycles. The number of hydrogen-bond acceptors (Lipinski definition) is 2. The average molecular weight is 492 g/mol. The van der Waals surface area contributed by atoms with Crippen LogP contribution in [0.5, 0.6) is 0 Å². The van der Waals surface area contributed by atoms with E-state index in [9.17, 15) is 0 Å². The molecule has 0 spiro atoms. The van der Waals surface area contributed by atoms with Crippen molar-refractivity contribution in [2.24, 2.45) is 0 Å². The highest BCUT2D eigenvalue weighted by atomic mass is 35.5. The Hall–Kier alpha value is -2.36. The summed E-state index contributed by atoms with van der Waals surface area (Å²) >= 11 is 6.37. The van der Waals surface area contributed by atoms with E-state index in [1.807, 2.05) is 26.1 Å². The van der Waals surface area contributed by atoms with E-state index >= 15 is 0 Å². The van der Waals surface area contributed by atoms with E-state index in [2.05, 4.69) is 58.7 Å². The second kappa shape index (κ2) is 14.3. The Labute approximate surface area is 217 Å². The molecule has 2 aromatic rings. The van der Waals surface area contributed by atoms with Gasteiger partial charge in [-0.15, -0.1) is 0 Å². The lowest BCUT2D eigenvalue weighted by molar-refractivity contribution is 0.251. The minimum Gasteiger partial charge on any atom is -0.348 e. The number of rotatable bonds is 8. The monoisotopic (exact) mass is 491 g/mol. The quantitative estimate of drug-likeness (QED) is 0.297. The maximum Gasteiger partial charge on any atom is 0.0921 e. The summed E-state index contributed by atoms with van der Waals surface area (Å²) in [6.07, 6.45) is 19.2. The molecular formula is C31H42ClN3. The summed E-state index contributed by atoms with van der Waals surface area (Å²) in [5, 5.41) is 0.836. The van der Waals surface area contributed by atoms with Crippen LogP contribution in [0.2, 0.25) is 5.02 Å². The van der Waals surface area contributed by atoms with Crippen LogP contribution in [-0.4, -0.2) is 34.5 Å². The number of likely N-dealkylation sites (tertiary alicyclic amines) is 1. The number of allylic oxidation sites excluding steroid dienone is 6. The number of aryl methyl sites for hydroxylation is 2. The molecule has 2 aliphatic rings.